The van der Waals surface area contributed by atoms with Crippen LogP contribution in [0, 0.1) is 0 Å². The van der Waals surface area contributed by atoms with E-state index in [-0.39, 0.29) is 0 Å². The number of aryl methyl sites for hydroxylation is 2. The van der Waals surface area contributed by atoms with Crippen LogP contribution >= 0.6 is 0 Å². The van der Waals surface area contributed by atoms with Gasteiger partial charge in [-0.15, -0.1) is 0 Å². The predicted octanol–water partition coefficient (Wildman–Crippen LogP) is 3.43. The molecular weight excluding hydrogens is 248 g/mol. The standard InChI is InChI=1S/C17H28N2O/c1-18-17-9-3-2-6-14-12-19(13-16(14)17)10-4-7-15-8-5-11-20-15/h12-13,15,17-18H,2-11H2,1H3. The SMILES string of the molecule is CNC1CCCCc2cn(CCCC3CCCO3)cc21. The summed E-state index contributed by atoms with van der Waals surface area (Å²) in [5, 5.41) is 3.48. The van der Waals surface area contributed by atoms with Crippen molar-refractivity contribution in [2.75, 3.05) is 13.7 Å². The number of fused-ring (bicyclic) bond motifs is 1. The molecule has 1 aromatic rings. The lowest BCUT2D eigenvalue weighted by Gasteiger charge is -2.13. The van der Waals surface area contributed by atoms with Crippen LogP contribution in [0.1, 0.15) is 62.1 Å². The summed E-state index contributed by atoms with van der Waals surface area (Å²) in [6.07, 6.45) is 15.5. The van der Waals surface area contributed by atoms with Crippen LogP contribution in [0.2, 0.25) is 0 Å². The lowest BCUT2D eigenvalue weighted by molar-refractivity contribution is 0.101. The number of rotatable bonds is 5. The molecule has 3 heteroatoms. The van der Waals surface area contributed by atoms with E-state index in [1.807, 2.05) is 0 Å². The van der Waals surface area contributed by atoms with Crippen LogP contribution in [-0.2, 0) is 17.7 Å². The molecule has 0 aromatic carbocycles. The van der Waals surface area contributed by atoms with Gasteiger partial charge in [-0.05, 0) is 63.1 Å². The van der Waals surface area contributed by atoms with E-state index in [1.54, 1.807) is 11.1 Å². The van der Waals surface area contributed by atoms with Crippen LogP contribution < -0.4 is 5.32 Å². The molecule has 0 spiro atoms. The van der Waals surface area contributed by atoms with E-state index in [1.165, 1.54) is 51.4 Å². The third kappa shape index (κ3) is 3.26. The third-order valence-corrected chi connectivity index (χ3v) is 4.88. The Morgan fingerprint density at radius 1 is 1.25 bits per heavy atom. The van der Waals surface area contributed by atoms with Gasteiger partial charge in [-0.2, -0.15) is 0 Å². The normalized spacial score (nSPS) is 26.4. The molecule has 3 nitrogen and oxygen atoms in total. The lowest BCUT2D eigenvalue weighted by atomic mass is 10.1. The highest BCUT2D eigenvalue weighted by atomic mass is 16.5. The summed E-state index contributed by atoms with van der Waals surface area (Å²) >= 11 is 0. The Morgan fingerprint density at radius 2 is 2.20 bits per heavy atom. The average Bonchev–Trinajstić information content (AvgIpc) is 3.06. The molecule has 1 aliphatic carbocycles. The van der Waals surface area contributed by atoms with Gasteiger partial charge in [0.05, 0.1) is 6.10 Å². The Kier molecular flexibility index (Phi) is 4.79. The summed E-state index contributed by atoms with van der Waals surface area (Å²) in [6, 6.07) is 0.562. The Morgan fingerprint density at radius 3 is 3.00 bits per heavy atom. The Labute approximate surface area is 122 Å². The molecule has 3 rings (SSSR count). The summed E-state index contributed by atoms with van der Waals surface area (Å²) < 4.78 is 8.12. The maximum atomic E-state index is 5.70. The second-order valence-electron chi connectivity index (χ2n) is 6.34. The number of hydrogen-bond donors (Lipinski definition) is 1. The summed E-state index contributed by atoms with van der Waals surface area (Å²) in [4.78, 5) is 0. The molecule has 1 saturated heterocycles. The molecule has 1 fully saturated rings. The molecule has 0 amide bonds. The van der Waals surface area contributed by atoms with Crippen LogP contribution in [0.4, 0.5) is 0 Å². The largest absolute Gasteiger partial charge is 0.378 e. The molecule has 1 N–H and O–H groups in total. The Balaban J connectivity index is 1.57. The molecule has 0 saturated carbocycles. The smallest absolute Gasteiger partial charge is 0.0576 e. The van der Waals surface area contributed by atoms with Crippen molar-refractivity contribution in [1.29, 1.82) is 0 Å². The van der Waals surface area contributed by atoms with Crippen LogP contribution in [0.15, 0.2) is 12.4 Å². The quantitative estimate of drug-likeness (QED) is 0.834. The van der Waals surface area contributed by atoms with Gasteiger partial charge in [0.15, 0.2) is 0 Å². The van der Waals surface area contributed by atoms with Gasteiger partial charge in [-0.25, -0.2) is 0 Å². The Bertz CT molecular complexity index is 421. The van der Waals surface area contributed by atoms with Gasteiger partial charge in [-0.1, -0.05) is 6.42 Å². The molecule has 1 aromatic heterocycles. The minimum atomic E-state index is 0.536. The second-order valence-corrected chi connectivity index (χ2v) is 6.34. The minimum absolute atomic E-state index is 0.536. The van der Waals surface area contributed by atoms with Crippen LogP contribution in [0.25, 0.3) is 0 Å². The van der Waals surface area contributed by atoms with E-state index in [2.05, 4.69) is 29.3 Å². The van der Waals surface area contributed by atoms with E-state index in [9.17, 15) is 0 Å². The maximum Gasteiger partial charge on any atom is 0.0576 e. The zero-order valence-corrected chi connectivity index (χ0v) is 12.7. The first-order valence-electron chi connectivity index (χ1n) is 8.34. The summed E-state index contributed by atoms with van der Waals surface area (Å²) in [5.41, 5.74) is 3.11. The van der Waals surface area contributed by atoms with Crippen molar-refractivity contribution in [3.8, 4) is 0 Å². The van der Waals surface area contributed by atoms with Crippen molar-refractivity contribution >= 4 is 0 Å². The maximum absolute atomic E-state index is 5.70. The topological polar surface area (TPSA) is 26.2 Å². The molecule has 2 unspecified atom stereocenters. The molecular formula is C17H28N2O. The monoisotopic (exact) mass is 276 g/mol. The Hall–Kier alpha value is -0.800. The van der Waals surface area contributed by atoms with E-state index < -0.39 is 0 Å². The first-order chi connectivity index (χ1) is 9.86. The zero-order valence-electron chi connectivity index (χ0n) is 12.7. The molecule has 2 atom stereocenters. The summed E-state index contributed by atoms with van der Waals surface area (Å²) in [7, 11) is 2.09. The summed E-state index contributed by atoms with van der Waals surface area (Å²) in [6.45, 7) is 2.12. The van der Waals surface area contributed by atoms with E-state index in [0.717, 1.165) is 13.2 Å². The van der Waals surface area contributed by atoms with Crippen molar-refractivity contribution in [2.24, 2.45) is 0 Å². The summed E-state index contributed by atoms with van der Waals surface area (Å²) in [5.74, 6) is 0. The molecule has 20 heavy (non-hydrogen) atoms. The fourth-order valence-electron chi connectivity index (χ4n) is 3.72. The first-order valence-corrected chi connectivity index (χ1v) is 8.34. The number of nitrogens with zero attached hydrogens (tertiary/aromatic N) is 1. The van der Waals surface area contributed by atoms with E-state index >= 15 is 0 Å². The second kappa shape index (κ2) is 6.77. The lowest BCUT2D eigenvalue weighted by Crippen LogP contribution is -2.15. The average molecular weight is 276 g/mol. The van der Waals surface area contributed by atoms with Gasteiger partial charge in [0.25, 0.3) is 0 Å². The first kappa shape index (κ1) is 14.2. The number of aromatic nitrogens is 1. The van der Waals surface area contributed by atoms with Gasteiger partial charge in [-0.3, -0.25) is 0 Å². The fourth-order valence-corrected chi connectivity index (χ4v) is 3.72. The van der Waals surface area contributed by atoms with E-state index in [0.29, 0.717) is 12.1 Å². The van der Waals surface area contributed by atoms with Crippen molar-refractivity contribution in [2.45, 2.75) is 70.1 Å². The number of nitrogens with one attached hydrogen (secondary N) is 1. The molecule has 112 valence electrons. The third-order valence-electron chi connectivity index (χ3n) is 4.88. The van der Waals surface area contributed by atoms with Crippen molar-refractivity contribution in [1.82, 2.24) is 9.88 Å². The molecule has 0 radical (unpaired) electrons. The molecule has 1 aliphatic heterocycles. The highest BCUT2D eigenvalue weighted by Crippen LogP contribution is 2.29. The van der Waals surface area contributed by atoms with Crippen LogP contribution in [-0.4, -0.2) is 24.3 Å². The van der Waals surface area contributed by atoms with Gasteiger partial charge in [0, 0.05) is 31.6 Å². The number of hydrogen-bond acceptors (Lipinski definition) is 2. The van der Waals surface area contributed by atoms with Gasteiger partial charge in [0.2, 0.25) is 0 Å². The van der Waals surface area contributed by atoms with Crippen LogP contribution in [0.5, 0.6) is 0 Å². The van der Waals surface area contributed by atoms with E-state index in [4.69, 9.17) is 4.74 Å². The highest BCUT2D eigenvalue weighted by Gasteiger charge is 2.19. The highest BCUT2D eigenvalue weighted by molar-refractivity contribution is 5.29. The van der Waals surface area contributed by atoms with Crippen molar-refractivity contribution in [3.05, 3.63) is 23.5 Å². The van der Waals surface area contributed by atoms with Crippen molar-refractivity contribution in [3.63, 3.8) is 0 Å². The van der Waals surface area contributed by atoms with Crippen LogP contribution in [0.3, 0.4) is 0 Å². The fraction of sp³-hybridized carbons (Fsp3) is 0.765. The molecule has 2 heterocycles. The molecule has 0 bridgehead atoms. The van der Waals surface area contributed by atoms with Gasteiger partial charge < -0.3 is 14.6 Å². The van der Waals surface area contributed by atoms with Crippen molar-refractivity contribution < 1.29 is 4.74 Å². The van der Waals surface area contributed by atoms with Gasteiger partial charge in [0.1, 0.15) is 0 Å². The van der Waals surface area contributed by atoms with Gasteiger partial charge >= 0.3 is 0 Å². The zero-order chi connectivity index (χ0) is 13.8. The predicted molar refractivity (Wildman–Crippen MR) is 82.0 cm³/mol. The minimum Gasteiger partial charge on any atom is -0.378 e. The molecule has 2 aliphatic rings. The number of ether oxygens (including phenoxy) is 1.